The summed E-state index contributed by atoms with van der Waals surface area (Å²) in [7, 11) is 0. The lowest BCUT2D eigenvalue weighted by Gasteiger charge is -2.27. The van der Waals surface area contributed by atoms with Crippen molar-refractivity contribution in [3.05, 3.63) is 48.7 Å². The van der Waals surface area contributed by atoms with Gasteiger partial charge in [-0.3, -0.25) is 4.98 Å². The molecule has 5 nitrogen and oxygen atoms in total. The first kappa shape index (κ1) is 13.2. The standard InChI is InChI=1S/C17H16N4O/c1-3-13-4-2-8-18-17(13)14(5-1)15-6-7-16(20-19-15)21-9-11-22-12-10-21/h1-8H,9-12H2. The summed E-state index contributed by atoms with van der Waals surface area (Å²) in [5, 5.41) is 9.89. The Hall–Kier alpha value is -2.53. The second-order valence-electron chi connectivity index (χ2n) is 5.26. The molecule has 0 unspecified atom stereocenters. The highest BCUT2D eigenvalue weighted by atomic mass is 16.5. The van der Waals surface area contributed by atoms with Gasteiger partial charge in [0.05, 0.1) is 24.4 Å². The van der Waals surface area contributed by atoms with E-state index in [0.717, 1.165) is 54.3 Å². The molecule has 1 aliphatic heterocycles. The fourth-order valence-electron chi connectivity index (χ4n) is 2.74. The molecule has 0 atom stereocenters. The molecule has 1 aliphatic rings. The number of morpholine rings is 1. The zero-order valence-electron chi connectivity index (χ0n) is 12.1. The van der Waals surface area contributed by atoms with Crippen LogP contribution in [-0.4, -0.2) is 41.5 Å². The Morgan fingerprint density at radius 3 is 2.59 bits per heavy atom. The van der Waals surface area contributed by atoms with Crippen LogP contribution in [0.4, 0.5) is 5.82 Å². The van der Waals surface area contributed by atoms with Gasteiger partial charge in [-0.2, -0.15) is 0 Å². The molecule has 4 rings (SSSR count). The molecule has 0 spiro atoms. The van der Waals surface area contributed by atoms with Crippen molar-refractivity contribution >= 4 is 16.7 Å². The largest absolute Gasteiger partial charge is 0.378 e. The summed E-state index contributed by atoms with van der Waals surface area (Å²) in [4.78, 5) is 6.67. The maximum Gasteiger partial charge on any atom is 0.151 e. The molecule has 0 amide bonds. The van der Waals surface area contributed by atoms with Crippen LogP contribution in [0.5, 0.6) is 0 Å². The molecule has 0 N–H and O–H groups in total. The molecule has 0 radical (unpaired) electrons. The van der Waals surface area contributed by atoms with E-state index in [2.05, 4.69) is 32.2 Å². The van der Waals surface area contributed by atoms with Crippen LogP contribution in [0.1, 0.15) is 0 Å². The Kier molecular flexibility index (Phi) is 3.40. The van der Waals surface area contributed by atoms with E-state index in [1.165, 1.54) is 0 Å². The van der Waals surface area contributed by atoms with Gasteiger partial charge in [0.1, 0.15) is 0 Å². The van der Waals surface area contributed by atoms with Gasteiger partial charge in [-0.15, -0.1) is 10.2 Å². The predicted octanol–water partition coefficient (Wildman–Crippen LogP) is 2.53. The molecule has 5 heteroatoms. The van der Waals surface area contributed by atoms with Crippen LogP contribution >= 0.6 is 0 Å². The summed E-state index contributed by atoms with van der Waals surface area (Å²) >= 11 is 0. The first-order valence-corrected chi connectivity index (χ1v) is 7.42. The molecule has 0 bridgehead atoms. The maximum atomic E-state index is 5.36. The molecule has 0 aliphatic carbocycles. The zero-order chi connectivity index (χ0) is 14.8. The summed E-state index contributed by atoms with van der Waals surface area (Å²) in [5.41, 5.74) is 2.82. The van der Waals surface area contributed by atoms with Crippen LogP contribution in [0.3, 0.4) is 0 Å². The second kappa shape index (κ2) is 5.69. The van der Waals surface area contributed by atoms with E-state index >= 15 is 0 Å². The lowest BCUT2D eigenvalue weighted by atomic mass is 10.1. The highest BCUT2D eigenvalue weighted by Crippen LogP contribution is 2.25. The normalized spacial score (nSPS) is 15.2. The average molecular weight is 292 g/mol. The number of fused-ring (bicyclic) bond motifs is 1. The van der Waals surface area contributed by atoms with Crippen LogP contribution in [0.2, 0.25) is 0 Å². The number of benzene rings is 1. The summed E-state index contributed by atoms with van der Waals surface area (Å²) in [5.74, 6) is 0.903. The smallest absolute Gasteiger partial charge is 0.151 e. The summed E-state index contributed by atoms with van der Waals surface area (Å²) in [6.07, 6.45) is 1.81. The van der Waals surface area contributed by atoms with Crippen molar-refractivity contribution in [2.75, 3.05) is 31.2 Å². The number of nitrogens with zero attached hydrogens (tertiary/aromatic N) is 4. The Balaban J connectivity index is 1.70. The van der Waals surface area contributed by atoms with Crippen molar-refractivity contribution in [2.24, 2.45) is 0 Å². The fraction of sp³-hybridized carbons (Fsp3) is 0.235. The van der Waals surface area contributed by atoms with Crippen LogP contribution in [0.15, 0.2) is 48.7 Å². The molecular formula is C17H16N4O. The van der Waals surface area contributed by atoms with Gasteiger partial charge < -0.3 is 9.64 Å². The number of para-hydroxylation sites is 1. The number of rotatable bonds is 2. The molecule has 110 valence electrons. The van der Waals surface area contributed by atoms with E-state index in [4.69, 9.17) is 4.74 Å². The third-order valence-corrected chi connectivity index (χ3v) is 3.89. The zero-order valence-corrected chi connectivity index (χ0v) is 12.1. The van der Waals surface area contributed by atoms with E-state index in [1.807, 2.05) is 30.3 Å². The minimum Gasteiger partial charge on any atom is -0.378 e. The number of pyridine rings is 1. The Morgan fingerprint density at radius 1 is 0.909 bits per heavy atom. The molecule has 1 saturated heterocycles. The van der Waals surface area contributed by atoms with Gasteiger partial charge >= 0.3 is 0 Å². The molecule has 0 saturated carbocycles. The first-order valence-electron chi connectivity index (χ1n) is 7.42. The van der Waals surface area contributed by atoms with E-state index in [1.54, 1.807) is 6.20 Å². The van der Waals surface area contributed by atoms with Crippen molar-refractivity contribution in [1.29, 1.82) is 0 Å². The van der Waals surface area contributed by atoms with E-state index < -0.39 is 0 Å². The number of hydrogen-bond donors (Lipinski definition) is 0. The third-order valence-electron chi connectivity index (χ3n) is 3.89. The Bertz CT molecular complexity index is 777. The van der Waals surface area contributed by atoms with Gasteiger partial charge in [0.15, 0.2) is 5.82 Å². The molecule has 3 heterocycles. The molecule has 3 aromatic rings. The number of ether oxygens (including phenoxy) is 1. The molecule has 1 fully saturated rings. The van der Waals surface area contributed by atoms with Gasteiger partial charge in [-0.25, -0.2) is 0 Å². The number of anilines is 1. The summed E-state index contributed by atoms with van der Waals surface area (Å²) in [6.45, 7) is 3.22. The maximum absolute atomic E-state index is 5.36. The molecule has 22 heavy (non-hydrogen) atoms. The fourth-order valence-corrected chi connectivity index (χ4v) is 2.74. The number of hydrogen-bond acceptors (Lipinski definition) is 5. The minimum atomic E-state index is 0.747. The number of aromatic nitrogens is 3. The Labute approximate surface area is 128 Å². The lowest BCUT2D eigenvalue weighted by Crippen LogP contribution is -2.36. The second-order valence-corrected chi connectivity index (χ2v) is 5.26. The van der Waals surface area contributed by atoms with Crippen LogP contribution < -0.4 is 4.90 Å². The molecule has 1 aromatic carbocycles. The summed E-state index contributed by atoms with van der Waals surface area (Å²) in [6, 6.07) is 14.2. The van der Waals surface area contributed by atoms with Gasteiger partial charge in [-0.1, -0.05) is 24.3 Å². The first-order chi connectivity index (χ1) is 10.9. The molecular weight excluding hydrogens is 276 g/mol. The van der Waals surface area contributed by atoms with E-state index in [9.17, 15) is 0 Å². The average Bonchev–Trinajstić information content (AvgIpc) is 2.62. The minimum absolute atomic E-state index is 0.747. The highest BCUT2D eigenvalue weighted by Gasteiger charge is 2.13. The third kappa shape index (κ3) is 2.40. The quantitative estimate of drug-likeness (QED) is 0.726. The van der Waals surface area contributed by atoms with Crippen LogP contribution in [0, 0.1) is 0 Å². The highest BCUT2D eigenvalue weighted by molar-refractivity contribution is 5.92. The van der Waals surface area contributed by atoms with Gasteiger partial charge in [0.2, 0.25) is 0 Å². The summed E-state index contributed by atoms with van der Waals surface area (Å²) < 4.78 is 5.36. The monoisotopic (exact) mass is 292 g/mol. The van der Waals surface area contributed by atoms with E-state index in [-0.39, 0.29) is 0 Å². The Morgan fingerprint density at radius 2 is 1.77 bits per heavy atom. The van der Waals surface area contributed by atoms with Crippen molar-refractivity contribution in [2.45, 2.75) is 0 Å². The van der Waals surface area contributed by atoms with E-state index in [0.29, 0.717) is 0 Å². The van der Waals surface area contributed by atoms with Crippen molar-refractivity contribution in [3.63, 3.8) is 0 Å². The SMILES string of the molecule is c1cnc2c(-c3ccc(N4CCOCC4)nn3)cccc2c1. The predicted molar refractivity (Wildman–Crippen MR) is 85.8 cm³/mol. The lowest BCUT2D eigenvalue weighted by molar-refractivity contribution is 0.122. The van der Waals surface area contributed by atoms with Crippen LogP contribution in [-0.2, 0) is 4.74 Å². The van der Waals surface area contributed by atoms with Crippen molar-refractivity contribution in [1.82, 2.24) is 15.2 Å². The van der Waals surface area contributed by atoms with Crippen LogP contribution in [0.25, 0.3) is 22.2 Å². The van der Waals surface area contributed by atoms with Gasteiger partial charge in [-0.05, 0) is 18.2 Å². The molecule has 2 aromatic heterocycles. The topological polar surface area (TPSA) is 51.1 Å². The van der Waals surface area contributed by atoms with Crippen molar-refractivity contribution < 1.29 is 4.74 Å². The van der Waals surface area contributed by atoms with Crippen molar-refractivity contribution in [3.8, 4) is 11.3 Å². The van der Waals surface area contributed by atoms with Gasteiger partial charge in [0.25, 0.3) is 0 Å². The van der Waals surface area contributed by atoms with Gasteiger partial charge in [0, 0.05) is 30.2 Å².